The van der Waals surface area contributed by atoms with E-state index in [4.69, 9.17) is 4.74 Å². The van der Waals surface area contributed by atoms with Crippen molar-refractivity contribution in [2.45, 2.75) is 26.4 Å². The van der Waals surface area contributed by atoms with Crippen molar-refractivity contribution in [2.24, 2.45) is 0 Å². The van der Waals surface area contributed by atoms with Crippen molar-refractivity contribution in [2.75, 3.05) is 31.6 Å². The molecule has 0 atom stereocenters. The first-order valence-corrected chi connectivity index (χ1v) is 10.4. The molecule has 3 rings (SSSR count). The largest absolute Gasteiger partial charge is 0.380 e. The van der Waals surface area contributed by atoms with Crippen LogP contribution in [0.1, 0.15) is 45.2 Å². The fourth-order valence-corrected chi connectivity index (χ4v) is 3.18. The van der Waals surface area contributed by atoms with Gasteiger partial charge in [-0.3, -0.25) is 14.4 Å². The highest BCUT2D eigenvalue weighted by atomic mass is 16.5. The molecule has 8 nitrogen and oxygen atoms in total. The van der Waals surface area contributed by atoms with Gasteiger partial charge in [0.1, 0.15) is 0 Å². The Labute approximate surface area is 181 Å². The van der Waals surface area contributed by atoms with E-state index in [9.17, 15) is 14.4 Å². The molecule has 4 N–H and O–H groups in total. The molecule has 164 valence electrons. The fraction of sp³-hybridized carbons (Fsp3) is 0.348. The first kappa shape index (κ1) is 22.3. The second-order valence-corrected chi connectivity index (χ2v) is 7.25. The van der Waals surface area contributed by atoms with Crippen molar-refractivity contribution in [1.82, 2.24) is 16.0 Å². The van der Waals surface area contributed by atoms with Crippen LogP contribution >= 0.6 is 0 Å². The molecule has 3 amide bonds. The van der Waals surface area contributed by atoms with Crippen LogP contribution in [0.5, 0.6) is 0 Å². The van der Waals surface area contributed by atoms with Gasteiger partial charge in [0.15, 0.2) is 0 Å². The second kappa shape index (κ2) is 11.1. The third-order valence-electron chi connectivity index (χ3n) is 4.81. The number of anilines is 1. The van der Waals surface area contributed by atoms with Gasteiger partial charge >= 0.3 is 0 Å². The molecule has 0 radical (unpaired) electrons. The standard InChI is InChI=1S/C23H28N4O4/c1-2-9-31-10-8-24-22(29)17-5-3-4-16(11-17)13-26-21(28)15-25-19-7-6-18-14-27-23(30)20(18)12-19/h3-7,11-12,25H,2,8-10,13-15H2,1H3,(H,24,29)(H,26,28)(H,27,30). The minimum Gasteiger partial charge on any atom is -0.380 e. The summed E-state index contributed by atoms with van der Waals surface area (Å²) >= 11 is 0. The van der Waals surface area contributed by atoms with E-state index in [1.54, 1.807) is 24.3 Å². The summed E-state index contributed by atoms with van der Waals surface area (Å²) in [5.41, 5.74) is 3.68. The highest BCUT2D eigenvalue weighted by Crippen LogP contribution is 2.19. The Hall–Kier alpha value is -3.39. The van der Waals surface area contributed by atoms with Gasteiger partial charge in [0, 0.05) is 43.1 Å². The molecule has 1 aliphatic rings. The van der Waals surface area contributed by atoms with E-state index in [1.165, 1.54) is 0 Å². The molecule has 0 spiro atoms. The Morgan fingerprint density at radius 1 is 1.10 bits per heavy atom. The molecular formula is C23H28N4O4. The van der Waals surface area contributed by atoms with Crippen LogP contribution in [-0.4, -0.2) is 44.0 Å². The van der Waals surface area contributed by atoms with Crippen LogP contribution in [0.15, 0.2) is 42.5 Å². The lowest BCUT2D eigenvalue weighted by Crippen LogP contribution is -2.30. The molecule has 31 heavy (non-hydrogen) atoms. The summed E-state index contributed by atoms with van der Waals surface area (Å²) in [7, 11) is 0. The Balaban J connectivity index is 1.43. The van der Waals surface area contributed by atoms with Crippen LogP contribution in [0.3, 0.4) is 0 Å². The first-order valence-electron chi connectivity index (χ1n) is 10.4. The molecule has 8 heteroatoms. The molecule has 2 aromatic carbocycles. The first-order chi connectivity index (χ1) is 15.1. The number of hydrogen-bond donors (Lipinski definition) is 4. The normalized spacial score (nSPS) is 12.1. The molecule has 1 heterocycles. The average Bonchev–Trinajstić information content (AvgIpc) is 3.16. The molecule has 0 aromatic heterocycles. The Morgan fingerprint density at radius 3 is 2.81 bits per heavy atom. The number of nitrogens with one attached hydrogen (secondary N) is 4. The molecule has 2 aromatic rings. The van der Waals surface area contributed by atoms with Gasteiger partial charge in [-0.1, -0.05) is 25.1 Å². The minimum atomic E-state index is -0.187. The van der Waals surface area contributed by atoms with Crippen LogP contribution in [0.2, 0.25) is 0 Å². The number of fused-ring (bicyclic) bond motifs is 1. The molecule has 0 bridgehead atoms. The van der Waals surface area contributed by atoms with Gasteiger partial charge in [0.2, 0.25) is 5.91 Å². The lowest BCUT2D eigenvalue weighted by molar-refractivity contribution is -0.119. The van der Waals surface area contributed by atoms with Crippen LogP contribution in [0, 0.1) is 0 Å². The van der Waals surface area contributed by atoms with Crippen molar-refractivity contribution < 1.29 is 19.1 Å². The zero-order valence-electron chi connectivity index (χ0n) is 17.6. The van der Waals surface area contributed by atoms with Crippen molar-refractivity contribution in [3.8, 4) is 0 Å². The third-order valence-corrected chi connectivity index (χ3v) is 4.81. The van der Waals surface area contributed by atoms with E-state index < -0.39 is 0 Å². The molecule has 0 saturated heterocycles. The van der Waals surface area contributed by atoms with Gasteiger partial charge in [-0.15, -0.1) is 0 Å². The summed E-state index contributed by atoms with van der Waals surface area (Å²) in [6.07, 6.45) is 0.946. The molecule has 0 unspecified atom stereocenters. The maximum absolute atomic E-state index is 12.2. The lowest BCUT2D eigenvalue weighted by atomic mass is 10.1. The maximum Gasteiger partial charge on any atom is 0.251 e. The summed E-state index contributed by atoms with van der Waals surface area (Å²) in [4.78, 5) is 36.2. The van der Waals surface area contributed by atoms with Crippen LogP contribution < -0.4 is 21.3 Å². The predicted octanol–water partition coefficient (Wildman–Crippen LogP) is 1.81. The smallest absolute Gasteiger partial charge is 0.251 e. The van der Waals surface area contributed by atoms with Crippen LogP contribution in [0.4, 0.5) is 5.69 Å². The summed E-state index contributed by atoms with van der Waals surface area (Å²) < 4.78 is 5.35. The molecule has 1 aliphatic heterocycles. The Morgan fingerprint density at radius 2 is 1.97 bits per heavy atom. The second-order valence-electron chi connectivity index (χ2n) is 7.25. The van der Waals surface area contributed by atoms with Gasteiger partial charge in [-0.05, 0) is 41.8 Å². The molecular weight excluding hydrogens is 396 g/mol. The zero-order chi connectivity index (χ0) is 22.1. The highest BCUT2D eigenvalue weighted by Gasteiger charge is 2.18. The topological polar surface area (TPSA) is 109 Å². The summed E-state index contributed by atoms with van der Waals surface area (Å²) in [5, 5.41) is 11.4. The van der Waals surface area contributed by atoms with Crippen molar-refractivity contribution in [3.05, 3.63) is 64.7 Å². The third kappa shape index (κ3) is 6.55. The quantitative estimate of drug-likeness (QED) is 0.412. The summed E-state index contributed by atoms with van der Waals surface area (Å²) in [6, 6.07) is 12.6. The molecule has 0 fully saturated rings. The number of rotatable bonds is 11. The molecule has 0 saturated carbocycles. The highest BCUT2D eigenvalue weighted by molar-refractivity contribution is 5.99. The van der Waals surface area contributed by atoms with Crippen LogP contribution in [0.25, 0.3) is 0 Å². The van der Waals surface area contributed by atoms with E-state index in [0.29, 0.717) is 49.7 Å². The van der Waals surface area contributed by atoms with Gasteiger partial charge in [0.25, 0.3) is 11.8 Å². The van der Waals surface area contributed by atoms with E-state index in [2.05, 4.69) is 21.3 Å². The monoisotopic (exact) mass is 424 g/mol. The average molecular weight is 425 g/mol. The SMILES string of the molecule is CCCOCCNC(=O)c1cccc(CNC(=O)CNc2ccc3c(c2)C(=O)NC3)c1. The summed E-state index contributed by atoms with van der Waals surface area (Å²) in [5.74, 6) is -0.455. The van der Waals surface area contributed by atoms with Crippen molar-refractivity contribution in [3.63, 3.8) is 0 Å². The predicted molar refractivity (Wildman–Crippen MR) is 118 cm³/mol. The number of ether oxygens (including phenoxy) is 1. The van der Waals surface area contributed by atoms with Gasteiger partial charge in [0.05, 0.1) is 13.2 Å². The van der Waals surface area contributed by atoms with E-state index in [-0.39, 0.29) is 24.3 Å². The zero-order valence-corrected chi connectivity index (χ0v) is 17.6. The fourth-order valence-electron chi connectivity index (χ4n) is 3.18. The summed E-state index contributed by atoms with van der Waals surface area (Å²) in [6.45, 7) is 4.59. The van der Waals surface area contributed by atoms with E-state index >= 15 is 0 Å². The molecule has 0 aliphatic carbocycles. The van der Waals surface area contributed by atoms with Gasteiger partial charge < -0.3 is 26.0 Å². The minimum absolute atomic E-state index is 0.0817. The number of carbonyl (C=O) groups excluding carboxylic acids is 3. The maximum atomic E-state index is 12.2. The number of hydrogen-bond acceptors (Lipinski definition) is 5. The van der Waals surface area contributed by atoms with Crippen molar-refractivity contribution >= 4 is 23.4 Å². The van der Waals surface area contributed by atoms with E-state index in [1.807, 2.05) is 25.1 Å². The van der Waals surface area contributed by atoms with Crippen LogP contribution in [-0.2, 0) is 22.6 Å². The van der Waals surface area contributed by atoms with Crippen molar-refractivity contribution in [1.29, 1.82) is 0 Å². The Bertz CT molecular complexity index is 945. The Kier molecular flexibility index (Phi) is 8.00. The number of benzene rings is 2. The van der Waals surface area contributed by atoms with E-state index in [0.717, 1.165) is 17.5 Å². The lowest BCUT2D eigenvalue weighted by Gasteiger charge is -2.10. The number of carbonyl (C=O) groups is 3. The van der Waals surface area contributed by atoms with Gasteiger partial charge in [-0.2, -0.15) is 0 Å². The van der Waals surface area contributed by atoms with Gasteiger partial charge in [-0.25, -0.2) is 0 Å². The number of amides is 3.